The largest absolute Gasteiger partial charge is 0.450 e. The molecule has 1 saturated carbocycles. The lowest BCUT2D eigenvalue weighted by Gasteiger charge is -2.32. The molecule has 8 heteroatoms. The van der Waals surface area contributed by atoms with Crippen LogP contribution >= 0.6 is 24.0 Å². The molecule has 0 radical (unpaired) electrons. The number of ether oxygens (including phenoxy) is 1. The van der Waals surface area contributed by atoms with E-state index in [2.05, 4.69) is 29.5 Å². The van der Waals surface area contributed by atoms with E-state index in [1.165, 1.54) is 25.7 Å². The first-order chi connectivity index (χ1) is 12.6. The van der Waals surface area contributed by atoms with Gasteiger partial charge in [-0.2, -0.15) is 0 Å². The molecule has 0 bridgehead atoms. The quantitative estimate of drug-likeness (QED) is 0.323. The van der Waals surface area contributed by atoms with Gasteiger partial charge in [0.2, 0.25) is 0 Å². The first-order valence-corrected chi connectivity index (χ1v) is 10.3. The molecule has 1 aliphatic heterocycles. The lowest BCUT2D eigenvalue weighted by molar-refractivity contribution is 0.0963. The molecule has 2 N–H and O–H groups in total. The third-order valence-electron chi connectivity index (χ3n) is 5.38. The highest BCUT2D eigenvalue weighted by atomic mass is 127. The van der Waals surface area contributed by atoms with Crippen molar-refractivity contribution in [1.29, 1.82) is 0 Å². The summed E-state index contributed by atoms with van der Waals surface area (Å²) in [6.45, 7) is 8.50. The molecule has 0 atom stereocenters. The van der Waals surface area contributed by atoms with Crippen molar-refractivity contribution >= 4 is 36.0 Å². The van der Waals surface area contributed by atoms with Gasteiger partial charge in [0, 0.05) is 38.3 Å². The van der Waals surface area contributed by atoms with Gasteiger partial charge in [0.1, 0.15) is 0 Å². The third kappa shape index (κ3) is 8.41. The Labute approximate surface area is 181 Å². The van der Waals surface area contributed by atoms with E-state index in [9.17, 15) is 4.79 Å². The average molecular weight is 495 g/mol. The van der Waals surface area contributed by atoms with Crippen LogP contribution in [0.5, 0.6) is 0 Å². The maximum Gasteiger partial charge on any atom is 0.409 e. The van der Waals surface area contributed by atoms with Crippen molar-refractivity contribution < 1.29 is 9.53 Å². The molecule has 0 aromatic heterocycles. The SMILES string of the molecule is CCNC(=NCCN(C)C1CCCC1)NC1CCN(C(=O)OCC)CC1.I. The maximum absolute atomic E-state index is 11.8. The van der Waals surface area contributed by atoms with Crippen molar-refractivity contribution in [3.63, 3.8) is 0 Å². The van der Waals surface area contributed by atoms with E-state index in [1.807, 2.05) is 6.92 Å². The number of aliphatic imine (C=N–C) groups is 1. The Morgan fingerprint density at radius 1 is 1.19 bits per heavy atom. The molecule has 0 aromatic carbocycles. The molecule has 2 aliphatic rings. The van der Waals surface area contributed by atoms with E-state index in [0.29, 0.717) is 12.6 Å². The van der Waals surface area contributed by atoms with E-state index < -0.39 is 0 Å². The minimum Gasteiger partial charge on any atom is -0.450 e. The van der Waals surface area contributed by atoms with Gasteiger partial charge >= 0.3 is 6.09 Å². The van der Waals surface area contributed by atoms with Crippen LogP contribution < -0.4 is 10.6 Å². The van der Waals surface area contributed by atoms with E-state index in [-0.39, 0.29) is 30.1 Å². The van der Waals surface area contributed by atoms with Crippen LogP contribution in [0.2, 0.25) is 0 Å². The summed E-state index contributed by atoms with van der Waals surface area (Å²) in [6.07, 6.45) is 7.05. The van der Waals surface area contributed by atoms with Gasteiger partial charge in [-0.3, -0.25) is 4.99 Å². The van der Waals surface area contributed by atoms with Crippen molar-refractivity contribution in [2.24, 2.45) is 4.99 Å². The van der Waals surface area contributed by atoms with Gasteiger partial charge in [-0.1, -0.05) is 12.8 Å². The van der Waals surface area contributed by atoms with Gasteiger partial charge < -0.3 is 25.2 Å². The number of nitrogens with zero attached hydrogens (tertiary/aromatic N) is 3. The molecule has 1 amide bonds. The molecular weight excluding hydrogens is 457 g/mol. The van der Waals surface area contributed by atoms with E-state index >= 15 is 0 Å². The number of amides is 1. The van der Waals surface area contributed by atoms with Crippen LogP contribution in [0.25, 0.3) is 0 Å². The van der Waals surface area contributed by atoms with Crippen LogP contribution in [-0.2, 0) is 4.74 Å². The van der Waals surface area contributed by atoms with Crippen LogP contribution in [-0.4, -0.2) is 80.3 Å². The number of nitrogens with one attached hydrogen (secondary N) is 2. The second-order valence-corrected chi connectivity index (χ2v) is 7.28. The average Bonchev–Trinajstić information content (AvgIpc) is 3.17. The van der Waals surface area contributed by atoms with E-state index in [4.69, 9.17) is 9.73 Å². The third-order valence-corrected chi connectivity index (χ3v) is 5.38. The van der Waals surface area contributed by atoms with Crippen molar-refractivity contribution in [3.8, 4) is 0 Å². The summed E-state index contributed by atoms with van der Waals surface area (Å²) < 4.78 is 5.08. The summed E-state index contributed by atoms with van der Waals surface area (Å²) in [6, 6.07) is 1.10. The Bertz CT molecular complexity index is 449. The van der Waals surface area contributed by atoms with Gasteiger partial charge in [-0.15, -0.1) is 24.0 Å². The molecule has 1 saturated heterocycles. The number of hydrogen-bond acceptors (Lipinski definition) is 4. The first kappa shape index (κ1) is 24.3. The number of likely N-dealkylation sites (N-methyl/N-ethyl adjacent to an activating group) is 1. The Hall–Kier alpha value is -0.770. The minimum absolute atomic E-state index is 0. The zero-order chi connectivity index (χ0) is 18.8. The molecule has 0 spiro atoms. The molecule has 158 valence electrons. The number of carbonyl (C=O) groups excluding carboxylic acids is 1. The van der Waals surface area contributed by atoms with E-state index in [0.717, 1.165) is 57.6 Å². The second-order valence-electron chi connectivity index (χ2n) is 7.28. The molecular formula is C19H38IN5O2. The van der Waals surface area contributed by atoms with E-state index in [1.54, 1.807) is 4.90 Å². The summed E-state index contributed by atoms with van der Waals surface area (Å²) in [5.74, 6) is 0.891. The zero-order valence-corrected chi connectivity index (χ0v) is 19.5. The summed E-state index contributed by atoms with van der Waals surface area (Å²) in [5.41, 5.74) is 0. The van der Waals surface area contributed by atoms with Crippen LogP contribution in [0.3, 0.4) is 0 Å². The molecule has 0 unspecified atom stereocenters. The van der Waals surface area contributed by atoms with Crippen molar-refractivity contribution in [1.82, 2.24) is 20.4 Å². The highest BCUT2D eigenvalue weighted by Crippen LogP contribution is 2.21. The lowest BCUT2D eigenvalue weighted by atomic mass is 10.1. The number of guanidine groups is 1. The lowest BCUT2D eigenvalue weighted by Crippen LogP contribution is -2.50. The van der Waals surface area contributed by atoms with Crippen molar-refractivity contribution in [2.45, 2.75) is 64.5 Å². The number of hydrogen-bond donors (Lipinski definition) is 2. The fourth-order valence-electron chi connectivity index (χ4n) is 3.78. The molecule has 0 aromatic rings. The summed E-state index contributed by atoms with van der Waals surface area (Å²) in [5, 5.41) is 6.88. The molecule has 27 heavy (non-hydrogen) atoms. The van der Waals surface area contributed by atoms with Gasteiger partial charge in [-0.05, 0) is 46.6 Å². The Balaban J connectivity index is 0.00000364. The van der Waals surface area contributed by atoms with Crippen LogP contribution in [0.15, 0.2) is 4.99 Å². The molecule has 2 rings (SSSR count). The number of halogens is 1. The van der Waals surface area contributed by atoms with Gasteiger partial charge in [-0.25, -0.2) is 4.79 Å². The van der Waals surface area contributed by atoms with Gasteiger partial charge in [0.15, 0.2) is 5.96 Å². The highest BCUT2D eigenvalue weighted by molar-refractivity contribution is 14.0. The number of rotatable bonds is 7. The van der Waals surface area contributed by atoms with Gasteiger partial charge in [0.05, 0.1) is 13.2 Å². The number of carbonyl (C=O) groups is 1. The van der Waals surface area contributed by atoms with Crippen molar-refractivity contribution in [3.05, 3.63) is 0 Å². The summed E-state index contributed by atoms with van der Waals surface area (Å²) in [4.78, 5) is 20.8. The molecule has 1 heterocycles. The summed E-state index contributed by atoms with van der Waals surface area (Å²) >= 11 is 0. The standard InChI is InChI=1S/C19H37N5O2.HI/c1-4-20-18(21-12-15-23(3)17-8-6-7-9-17)22-16-10-13-24(14-11-16)19(25)26-5-2;/h16-17H,4-15H2,1-3H3,(H2,20,21,22);1H. The predicted molar refractivity (Wildman–Crippen MR) is 121 cm³/mol. The monoisotopic (exact) mass is 495 g/mol. The number of piperidine rings is 1. The topological polar surface area (TPSA) is 69.2 Å². The Morgan fingerprint density at radius 3 is 2.44 bits per heavy atom. The van der Waals surface area contributed by atoms with Gasteiger partial charge in [0.25, 0.3) is 0 Å². The minimum atomic E-state index is -0.193. The van der Waals surface area contributed by atoms with Crippen LogP contribution in [0.4, 0.5) is 4.79 Å². The summed E-state index contributed by atoms with van der Waals surface area (Å²) in [7, 11) is 2.22. The predicted octanol–water partition coefficient (Wildman–Crippen LogP) is 2.65. The number of likely N-dealkylation sites (tertiary alicyclic amines) is 1. The second kappa shape index (κ2) is 13.4. The fraction of sp³-hybridized carbons (Fsp3) is 0.895. The Kier molecular flexibility index (Phi) is 12.1. The highest BCUT2D eigenvalue weighted by Gasteiger charge is 2.24. The fourth-order valence-corrected chi connectivity index (χ4v) is 3.78. The first-order valence-electron chi connectivity index (χ1n) is 10.3. The Morgan fingerprint density at radius 2 is 1.85 bits per heavy atom. The molecule has 2 fully saturated rings. The van der Waals surface area contributed by atoms with Crippen LogP contribution in [0, 0.1) is 0 Å². The zero-order valence-electron chi connectivity index (χ0n) is 17.2. The molecule has 1 aliphatic carbocycles. The molecule has 7 nitrogen and oxygen atoms in total. The normalized spacial score (nSPS) is 19.1. The van der Waals surface area contributed by atoms with Crippen LogP contribution in [0.1, 0.15) is 52.4 Å². The maximum atomic E-state index is 11.8. The smallest absolute Gasteiger partial charge is 0.409 e. The van der Waals surface area contributed by atoms with Crippen molar-refractivity contribution in [2.75, 3.05) is 46.4 Å².